The Hall–Kier alpha value is -6.38. The highest BCUT2D eigenvalue weighted by Gasteiger charge is 2.19. The molecule has 0 radical (unpaired) electrons. The van der Waals surface area contributed by atoms with Crippen molar-refractivity contribution in [1.29, 1.82) is 0 Å². The first-order valence-corrected chi connectivity index (χ1v) is 19.7. The molecule has 9 rings (SSSR count). The number of hydrogen-bond acceptors (Lipinski definition) is 1. The lowest BCUT2D eigenvalue weighted by molar-refractivity contribution is 0.630. The molecule has 0 N–H and O–H groups in total. The third-order valence-electron chi connectivity index (χ3n) is 11.5. The Morgan fingerprint density at radius 3 is 2.00 bits per heavy atom. The lowest BCUT2D eigenvalue weighted by Crippen LogP contribution is -2.14. The Labute approximate surface area is 325 Å². The fourth-order valence-corrected chi connectivity index (χ4v) is 8.69. The van der Waals surface area contributed by atoms with E-state index in [0.29, 0.717) is 5.92 Å². The summed E-state index contributed by atoms with van der Waals surface area (Å²) in [6.07, 6.45) is 10.0. The van der Waals surface area contributed by atoms with Crippen LogP contribution in [-0.2, 0) is 6.42 Å². The number of rotatable bonds is 7. The van der Waals surface area contributed by atoms with Crippen LogP contribution in [0.25, 0.3) is 60.9 Å². The van der Waals surface area contributed by atoms with E-state index in [-0.39, 0.29) is 0 Å². The summed E-state index contributed by atoms with van der Waals surface area (Å²) < 4.78 is 2.41. The van der Waals surface area contributed by atoms with E-state index in [0.717, 1.165) is 23.5 Å². The molecular formula is C53H46N2. The molecule has 0 bridgehead atoms. The fraction of sp³-hybridized carbons (Fsp3) is 0.132. The Morgan fingerprint density at radius 1 is 0.582 bits per heavy atom. The number of aromatic nitrogens is 1. The summed E-state index contributed by atoms with van der Waals surface area (Å²) in [4.78, 5) is 2.30. The summed E-state index contributed by atoms with van der Waals surface area (Å²) in [5.41, 5.74) is 17.6. The fourth-order valence-electron chi connectivity index (χ4n) is 8.69. The molecule has 0 amide bonds. The van der Waals surface area contributed by atoms with Crippen molar-refractivity contribution < 1.29 is 0 Å². The first kappa shape index (κ1) is 34.4. The molecule has 55 heavy (non-hydrogen) atoms. The van der Waals surface area contributed by atoms with E-state index in [1.54, 1.807) is 0 Å². The lowest BCUT2D eigenvalue weighted by atomic mass is 9.82. The molecule has 1 aromatic heterocycles. The zero-order chi connectivity index (χ0) is 37.3. The number of nitrogens with zero attached hydrogens (tertiary/aromatic N) is 2. The molecule has 8 aromatic rings. The standard InChI is InChI=1S/C53H46N2/c1-4-14-43(5-2)54(44-18-7-6-8-19-44)45-29-23-39(24-30-45)42-28-34-53-51(36-42)49-21-11-12-22-52(49)55(53)46-31-25-38(26-32-46)41-27-33-47-37(3)15-13-17-40-16-9-10-20-48(40)50(47)35-41/h4-12,14,16,18-37H,13,15,17H2,1-3H3/b14-4-,43-5+. The molecule has 2 nitrogen and oxygen atoms in total. The second kappa shape index (κ2) is 14.8. The smallest absolute Gasteiger partial charge is 0.0541 e. The molecule has 7 aromatic carbocycles. The zero-order valence-electron chi connectivity index (χ0n) is 31.9. The first-order chi connectivity index (χ1) is 27.1. The number of anilines is 2. The van der Waals surface area contributed by atoms with Gasteiger partial charge in [0.1, 0.15) is 0 Å². The van der Waals surface area contributed by atoms with E-state index >= 15 is 0 Å². The van der Waals surface area contributed by atoms with Crippen molar-refractivity contribution in [2.75, 3.05) is 4.90 Å². The van der Waals surface area contributed by atoms with Crippen molar-refractivity contribution in [3.63, 3.8) is 0 Å². The largest absolute Gasteiger partial charge is 0.311 e. The van der Waals surface area contributed by atoms with Crippen molar-refractivity contribution in [3.05, 3.63) is 199 Å². The van der Waals surface area contributed by atoms with Crippen LogP contribution in [0.4, 0.5) is 11.4 Å². The molecule has 1 aliphatic rings. The second-order valence-electron chi connectivity index (χ2n) is 14.8. The molecule has 2 heteroatoms. The molecule has 0 aliphatic heterocycles. The average molecular weight is 711 g/mol. The van der Waals surface area contributed by atoms with Gasteiger partial charge >= 0.3 is 0 Å². The molecule has 0 spiro atoms. The highest BCUT2D eigenvalue weighted by Crippen LogP contribution is 2.41. The van der Waals surface area contributed by atoms with Gasteiger partial charge < -0.3 is 9.47 Å². The number of allylic oxidation sites excluding steroid dienone is 3. The summed E-state index contributed by atoms with van der Waals surface area (Å²) in [5, 5.41) is 2.51. The van der Waals surface area contributed by atoms with Crippen molar-refractivity contribution in [1.82, 2.24) is 4.57 Å². The molecule has 0 fully saturated rings. The molecule has 0 saturated heterocycles. The van der Waals surface area contributed by atoms with Crippen LogP contribution in [0.15, 0.2) is 188 Å². The maximum absolute atomic E-state index is 2.43. The third-order valence-corrected chi connectivity index (χ3v) is 11.5. The van der Waals surface area contributed by atoms with Gasteiger partial charge in [0.15, 0.2) is 0 Å². The van der Waals surface area contributed by atoms with Crippen LogP contribution in [0.1, 0.15) is 50.7 Å². The lowest BCUT2D eigenvalue weighted by Gasteiger charge is -2.26. The van der Waals surface area contributed by atoms with E-state index in [9.17, 15) is 0 Å². The topological polar surface area (TPSA) is 8.17 Å². The summed E-state index contributed by atoms with van der Waals surface area (Å²) in [5.74, 6) is 0.555. The minimum absolute atomic E-state index is 0.555. The van der Waals surface area contributed by atoms with Gasteiger partial charge in [-0.2, -0.15) is 0 Å². The quantitative estimate of drug-likeness (QED) is 0.150. The van der Waals surface area contributed by atoms with Crippen LogP contribution in [0, 0.1) is 0 Å². The normalized spacial score (nSPS) is 14.5. The second-order valence-corrected chi connectivity index (χ2v) is 14.8. The Balaban J connectivity index is 1.07. The van der Waals surface area contributed by atoms with Gasteiger partial charge in [0.2, 0.25) is 0 Å². The van der Waals surface area contributed by atoms with Gasteiger partial charge in [0.05, 0.1) is 11.0 Å². The predicted octanol–water partition coefficient (Wildman–Crippen LogP) is 14.8. The average Bonchev–Trinajstić information content (AvgIpc) is 3.57. The minimum atomic E-state index is 0.555. The van der Waals surface area contributed by atoms with Crippen LogP contribution in [0.2, 0.25) is 0 Å². The maximum atomic E-state index is 2.43. The van der Waals surface area contributed by atoms with E-state index in [1.807, 2.05) is 0 Å². The van der Waals surface area contributed by atoms with Crippen molar-refractivity contribution in [3.8, 4) is 39.1 Å². The molecule has 1 aliphatic carbocycles. The van der Waals surface area contributed by atoms with Crippen LogP contribution in [0.5, 0.6) is 0 Å². The molecule has 1 unspecified atom stereocenters. The molecule has 1 atom stereocenters. The van der Waals surface area contributed by atoms with Crippen LogP contribution < -0.4 is 4.90 Å². The highest BCUT2D eigenvalue weighted by molar-refractivity contribution is 6.10. The van der Waals surface area contributed by atoms with Crippen molar-refractivity contribution >= 4 is 33.2 Å². The van der Waals surface area contributed by atoms with Gasteiger partial charge in [0, 0.05) is 33.5 Å². The molecule has 268 valence electrons. The van der Waals surface area contributed by atoms with Crippen LogP contribution in [0.3, 0.4) is 0 Å². The van der Waals surface area contributed by atoms with Gasteiger partial charge in [-0.1, -0.05) is 122 Å². The summed E-state index contributed by atoms with van der Waals surface area (Å²) >= 11 is 0. The van der Waals surface area contributed by atoms with E-state index in [4.69, 9.17) is 0 Å². The number of para-hydroxylation sites is 2. The Morgan fingerprint density at radius 2 is 1.22 bits per heavy atom. The van der Waals surface area contributed by atoms with Gasteiger partial charge in [-0.15, -0.1) is 0 Å². The van der Waals surface area contributed by atoms with Crippen LogP contribution in [-0.4, -0.2) is 4.57 Å². The van der Waals surface area contributed by atoms with Crippen molar-refractivity contribution in [2.24, 2.45) is 0 Å². The molecule has 1 heterocycles. The minimum Gasteiger partial charge on any atom is -0.311 e. The SMILES string of the molecule is C/C=C\C(=C/C)N(c1ccccc1)c1ccc(-c2ccc3c(c2)c2ccccc2n3-c2ccc(-c3ccc4c(c3)-c3ccccc3CCCC4C)cc2)cc1. The summed E-state index contributed by atoms with van der Waals surface area (Å²) in [7, 11) is 0. The number of benzene rings is 7. The van der Waals surface area contributed by atoms with Gasteiger partial charge in [-0.25, -0.2) is 0 Å². The zero-order valence-corrected chi connectivity index (χ0v) is 31.9. The monoisotopic (exact) mass is 710 g/mol. The first-order valence-electron chi connectivity index (χ1n) is 19.7. The number of fused-ring (bicyclic) bond motifs is 6. The van der Waals surface area contributed by atoms with E-state index in [1.165, 1.54) is 84.8 Å². The summed E-state index contributed by atoms with van der Waals surface area (Å²) in [6.45, 7) is 6.55. The number of hydrogen-bond donors (Lipinski definition) is 0. The maximum Gasteiger partial charge on any atom is 0.0541 e. The predicted molar refractivity (Wildman–Crippen MR) is 236 cm³/mol. The van der Waals surface area contributed by atoms with E-state index < -0.39 is 0 Å². The molecule has 0 saturated carbocycles. The van der Waals surface area contributed by atoms with Gasteiger partial charge in [-0.05, 0) is 150 Å². The van der Waals surface area contributed by atoms with Crippen LogP contribution >= 0.6 is 0 Å². The Bertz CT molecular complexity index is 2690. The van der Waals surface area contributed by atoms with Crippen molar-refractivity contribution in [2.45, 2.75) is 46.0 Å². The van der Waals surface area contributed by atoms with Gasteiger partial charge in [0.25, 0.3) is 0 Å². The summed E-state index contributed by atoms with van der Waals surface area (Å²) in [6, 6.07) is 60.5. The third kappa shape index (κ3) is 6.38. The van der Waals surface area contributed by atoms with Gasteiger partial charge in [-0.3, -0.25) is 0 Å². The van der Waals surface area contributed by atoms with E-state index in [2.05, 4.69) is 212 Å². The Kier molecular flexibility index (Phi) is 9.26. The highest BCUT2D eigenvalue weighted by atomic mass is 15.1. The number of aryl methyl sites for hydroxylation is 1. The molecular weight excluding hydrogens is 665 g/mol.